The van der Waals surface area contributed by atoms with E-state index in [1.807, 2.05) is 35.4 Å². The first-order chi connectivity index (χ1) is 15.5. The van der Waals surface area contributed by atoms with E-state index in [0.717, 1.165) is 35.1 Å². The number of nitrogen functional groups attached to an aromatic ring is 1. The number of amidine groups is 2. The van der Waals surface area contributed by atoms with Gasteiger partial charge >= 0.3 is 0 Å². The van der Waals surface area contributed by atoms with Crippen molar-refractivity contribution >= 4 is 34.7 Å². The lowest BCUT2D eigenvalue weighted by Gasteiger charge is -2.29. The van der Waals surface area contributed by atoms with Crippen molar-refractivity contribution in [3.05, 3.63) is 48.2 Å². The molecule has 3 heterocycles. The summed E-state index contributed by atoms with van der Waals surface area (Å²) in [5, 5.41) is 26.6. The number of nitrogens with two attached hydrogens (primary N) is 1. The standard InChI is InChI=1S/C23H26N6O3/c1-32-28-22-16-8-9-29(23(16)26-12-25-22)18-11-15(20(30)21(18)31)5-3-13-2-4-14-6-7-19(24)27-17(14)10-13/h2,4,6-10,12,15-16,18,20-21,30-31H,3,5,11H2,1H3,(H2,24,27)/b28-22-/t15-,16?,18+,20+,21-/m0/s1. The van der Waals surface area contributed by atoms with E-state index in [4.69, 9.17) is 10.6 Å². The minimum atomic E-state index is -0.870. The summed E-state index contributed by atoms with van der Waals surface area (Å²) in [7, 11) is 1.48. The van der Waals surface area contributed by atoms with Gasteiger partial charge in [0.1, 0.15) is 37.1 Å². The van der Waals surface area contributed by atoms with Crippen LogP contribution in [0.25, 0.3) is 10.9 Å². The highest BCUT2D eigenvalue weighted by molar-refractivity contribution is 6.15. The highest BCUT2D eigenvalue weighted by Crippen LogP contribution is 2.37. The number of aryl methyl sites for hydroxylation is 1. The predicted octanol–water partition coefficient (Wildman–Crippen LogP) is 1.71. The lowest BCUT2D eigenvalue weighted by molar-refractivity contribution is 0.00293. The maximum absolute atomic E-state index is 10.8. The third kappa shape index (κ3) is 3.63. The van der Waals surface area contributed by atoms with Gasteiger partial charge in [-0.05, 0) is 55.0 Å². The van der Waals surface area contributed by atoms with Gasteiger partial charge in [-0.2, -0.15) is 0 Å². The molecule has 4 N–H and O–H groups in total. The Labute approximate surface area is 185 Å². The van der Waals surface area contributed by atoms with Crippen molar-refractivity contribution in [2.75, 3.05) is 12.8 Å². The third-order valence-electron chi connectivity index (χ3n) is 6.54. The van der Waals surface area contributed by atoms with E-state index < -0.39 is 12.2 Å². The summed E-state index contributed by atoms with van der Waals surface area (Å²) in [4.78, 5) is 19.8. The van der Waals surface area contributed by atoms with Crippen LogP contribution in [0.15, 0.2) is 57.7 Å². The maximum Gasteiger partial charge on any atom is 0.183 e. The zero-order chi connectivity index (χ0) is 22.2. The Morgan fingerprint density at radius 3 is 2.91 bits per heavy atom. The van der Waals surface area contributed by atoms with E-state index in [-0.39, 0.29) is 17.9 Å². The molecule has 2 aliphatic heterocycles. The summed E-state index contributed by atoms with van der Waals surface area (Å²) >= 11 is 0. The van der Waals surface area contributed by atoms with E-state index >= 15 is 0 Å². The van der Waals surface area contributed by atoms with Crippen LogP contribution in [0.4, 0.5) is 5.82 Å². The highest BCUT2D eigenvalue weighted by Gasteiger charge is 2.46. The van der Waals surface area contributed by atoms with Crippen molar-refractivity contribution in [1.29, 1.82) is 0 Å². The summed E-state index contributed by atoms with van der Waals surface area (Å²) in [6.07, 6.45) is 5.81. The van der Waals surface area contributed by atoms with E-state index in [0.29, 0.717) is 18.1 Å². The zero-order valence-electron chi connectivity index (χ0n) is 17.7. The van der Waals surface area contributed by atoms with E-state index in [2.05, 4.69) is 26.2 Å². The first-order valence-electron chi connectivity index (χ1n) is 10.7. The summed E-state index contributed by atoms with van der Waals surface area (Å²) < 4.78 is 0. The average Bonchev–Trinajstić information content (AvgIpc) is 3.34. The van der Waals surface area contributed by atoms with Crippen LogP contribution in [0.1, 0.15) is 18.4 Å². The van der Waals surface area contributed by atoms with Gasteiger partial charge in [-0.3, -0.25) is 0 Å². The molecule has 1 aliphatic carbocycles. The molecule has 0 radical (unpaired) electrons. The fourth-order valence-electron chi connectivity index (χ4n) is 4.88. The summed E-state index contributed by atoms with van der Waals surface area (Å²) in [6, 6.07) is 9.65. The SMILES string of the molecule is CO/N=C1\N=CN=C2C1C=CN2[C@@H]1C[C@H](CCc2ccc3ccc(N)nc3c2)[C@@H](O)[C@H]1O. The molecule has 5 atom stereocenters. The Kier molecular flexibility index (Phi) is 5.36. The number of hydrogen-bond donors (Lipinski definition) is 3. The molecular weight excluding hydrogens is 408 g/mol. The number of fused-ring (bicyclic) bond motifs is 2. The van der Waals surface area contributed by atoms with Crippen LogP contribution in [0.3, 0.4) is 0 Å². The van der Waals surface area contributed by atoms with Crippen molar-refractivity contribution in [3.8, 4) is 0 Å². The quantitative estimate of drug-likeness (QED) is 0.615. The molecule has 166 valence electrons. The fraction of sp³-hybridized carbons (Fsp3) is 0.391. The molecule has 2 aromatic rings. The van der Waals surface area contributed by atoms with Gasteiger partial charge in [-0.15, -0.1) is 0 Å². The number of aromatic nitrogens is 1. The zero-order valence-corrected chi connectivity index (χ0v) is 17.7. The Morgan fingerprint density at radius 1 is 1.22 bits per heavy atom. The molecule has 5 rings (SSSR count). The van der Waals surface area contributed by atoms with Crippen molar-refractivity contribution in [2.24, 2.45) is 27.0 Å². The van der Waals surface area contributed by atoms with Crippen LogP contribution in [0.5, 0.6) is 0 Å². The number of aliphatic imine (C=N–C) groups is 2. The molecule has 0 spiro atoms. The number of anilines is 1. The van der Waals surface area contributed by atoms with E-state index in [1.165, 1.54) is 13.4 Å². The Morgan fingerprint density at radius 2 is 2.06 bits per heavy atom. The van der Waals surface area contributed by atoms with Gasteiger partial charge in [0.2, 0.25) is 0 Å². The topological polar surface area (TPSA) is 129 Å². The van der Waals surface area contributed by atoms with Crippen LogP contribution >= 0.6 is 0 Å². The van der Waals surface area contributed by atoms with Crippen LogP contribution in [0, 0.1) is 11.8 Å². The smallest absolute Gasteiger partial charge is 0.183 e. The van der Waals surface area contributed by atoms with Crippen LogP contribution < -0.4 is 5.73 Å². The predicted molar refractivity (Wildman–Crippen MR) is 123 cm³/mol. The lowest BCUT2D eigenvalue weighted by Crippen LogP contribution is -2.44. The number of aliphatic hydroxyl groups is 2. The molecule has 0 amide bonds. The van der Waals surface area contributed by atoms with E-state index in [9.17, 15) is 10.2 Å². The normalized spacial score (nSPS) is 30.2. The Hall–Kier alpha value is -3.30. The second kappa shape index (κ2) is 8.33. The van der Waals surface area contributed by atoms with Gasteiger partial charge in [-0.1, -0.05) is 17.3 Å². The maximum atomic E-state index is 10.8. The minimum absolute atomic E-state index is 0.0306. The summed E-state index contributed by atoms with van der Waals surface area (Å²) in [6.45, 7) is 0. The number of aliphatic hydroxyl groups excluding tert-OH is 2. The first-order valence-corrected chi connectivity index (χ1v) is 10.7. The third-order valence-corrected chi connectivity index (χ3v) is 6.54. The molecule has 1 unspecified atom stereocenters. The monoisotopic (exact) mass is 434 g/mol. The molecule has 0 bridgehead atoms. The second-order valence-electron chi connectivity index (χ2n) is 8.44. The number of hydrogen-bond acceptors (Lipinski definition) is 8. The van der Waals surface area contributed by atoms with Gasteiger partial charge < -0.3 is 25.7 Å². The number of rotatable bonds is 5. The lowest BCUT2D eigenvalue weighted by atomic mass is 9.95. The van der Waals surface area contributed by atoms with Gasteiger partial charge in [0.25, 0.3) is 0 Å². The van der Waals surface area contributed by atoms with Crippen molar-refractivity contribution in [3.63, 3.8) is 0 Å². The number of oxime groups is 1. The van der Waals surface area contributed by atoms with Crippen LogP contribution in [0.2, 0.25) is 0 Å². The Bertz CT molecular complexity index is 1140. The molecule has 0 saturated heterocycles. The molecule has 1 aromatic carbocycles. The van der Waals surface area contributed by atoms with Gasteiger partial charge in [0.15, 0.2) is 5.84 Å². The molecule has 9 nitrogen and oxygen atoms in total. The summed E-state index contributed by atoms with van der Waals surface area (Å²) in [5.74, 6) is 1.52. The average molecular weight is 435 g/mol. The first kappa shape index (κ1) is 20.6. The second-order valence-corrected chi connectivity index (χ2v) is 8.44. The molecule has 1 fully saturated rings. The fourth-order valence-corrected chi connectivity index (χ4v) is 4.88. The Balaban J connectivity index is 1.28. The molecule has 32 heavy (non-hydrogen) atoms. The molecule has 1 saturated carbocycles. The van der Waals surface area contributed by atoms with Crippen LogP contribution in [-0.2, 0) is 11.3 Å². The number of nitrogens with zero attached hydrogens (tertiary/aromatic N) is 5. The number of benzene rings is 1. The van der Waals surface area contributed by atoms with Crippen molar-refractivity contribution in [2.45, 2.75) is 37.5 Å². The minimum Gasteiger partial charge on any atom is -0.398 e. The van der Waals surface area contributed by atoms with E-state index in [1.54, 1.807) is 6.07 Å². The van der Waals surface area contributed by atoms with Crippen molar-refractivity contribution < 1.29 is 15.1 Å². The largest absolute Gasteiger partial charge is 0.398 e. The van der Waals surface area contributed by atoms with Gasteiger partial charge in [0, 0.05) is 11.6 Å². The van der Waals surface area contributed by atoms with Gasteiger partial charge in [-0.25, -0.2) is 15.0 Å². The van der Waals surface area contributed by atoms with Crippen LogP contribution in [-0.4, -0.2) is 63.5 Å². The molecule has 1 aromatic heterocycles. The van der Waals surface area contributed by atoms with Crippen molar-refractivity contribution in [1.82, 2.24) is 9.88 Å². The number of pyridine rings is 1. The van der Waals surface area contributed by atoms with Gasteiger partial charge in [0.05, 0.1) is 17.7 Å². The molecular formula is C23H26N6O3. The molecule has 9 heteroatoms. The summed E-state index contributed by atoms with van der Waals surface area (Å²) in [5.41, 5.74) is 7.81. The molecule has 3 aliphatic rings. The highest BCUT2D eigenvalue weighted by atomic mass is 16.6.